The molecule has 2 aromatic carbocycles. The summed E-state index contributed by atoms with van der Waals surface area (Å²) in [6.07, 6.45) is 4.32. The number of nitrogens with two attached hydrogens (primary N) is 1. The van der Waals surface area contributed by atoms with E-state index in [0.29, 0.717) is 29.1 Å². The van der Waals surface area contributed by atoms with Crippen molar-refractivity contribution in [2.45, 2.75) is 43.9 Å². The van der Waals surface area contributed by atoms with Gasteiger partial charge in [0.2, 0.25) is 10.0 Å². The van der Waals surface area contributed by atoms with Gasteiger partial charge in [0.1, 0.15) is 0 Å². The number of hydrogen-bond acceptors (Lipinski definition) is 4. The molecule has 0 aromatic heterocycles. The Bertz CT molecular complexity index is 923. The Labute approximate surface area is 171 Å². The van der Waals surface area contributed by atoms with Crippen LogP contribution in [-0.2, 0) is 16.6 Å². The number of Topliss-reactive ketones (excluding diaryl/α,β-unsaturated/α-hetero) is 1. The number of nitrogens with zero attached hydrogens (tertiary/aromatic N) is 1. The molecule has 1 aliphatic rings. The van der Waals surface area contributed by atoms with Gasteiger partial charge in [-0.25, -0.2) is 8.42 Å². The third-order valence-corrected chi connectivity index (χ3v) is 7.67. The zero-order chi connectivity index (χ0) is 20.1. The SMILES string of the molecule is NCC(=O)c1ccc(CN(c2cccc(Cl)c2)S(=O)(=O)C2CCCCC2)cc1. The quantitative estimate of drug-likeness (QED) is 0.682. The van der Waals surface area contributed by atoms with Gasteiger partial charge in [0, 0.05) is 10.6 Å². The summed E-state index contributed by atoms with van der Waals surface area (Å²) in [5, 5.41) is 0.114. The molecule has 1 fully saturated rings. The predicted octanol–water partition coefficient (Wildman–Crippen LogP) is 4.15. The molecule has 0 unspecified atom stereocenters. The molecule has 0 spiro atoms. The molecule has 2 N–H and O–H groups in total. The van der Waals surface area contributed by atoms with E-state index in [4.69, 9.17) is 17.3 Å². The maximum atomic E-state index is 13.4. The highest BCUT2D eigenvalue weighted by molar-refractivity contribution is 7.93. The van der Waals surface area contributed by atoms with Crippen molar-refractivity contribution in [1.29, 1.82) is 0 Å². The van der Waals surface area contributed by atoms with Crippen LogP contribution in [0.1, 0.15) is 48.0 Å². The van der Waals surface area contributed by atoms with Gasteiger partial charge in [-0.2, -0.15) is 0 Å². The molecule has 3 rings (SSSR count). The molecule has 2 aromatic rings. The highest BCUT2D eigenvalue weighted by atomic mass is 35.5. The lowest BCUT2D eigenvalue weighted by Crippen LogP contribution is -2.39. The summed E-state index contributed by atoms with van der Waals surface area (Å²) in [5.74, 6) is -0.145. The first kappa shape index (κ1) is 20.8. The molecule has 0 radical (unpaired) electrons. The van der Waals surface area contributed by atoms with Crippen molar-refractivity contribution in [3.63, 3.8) is 0 Å². The van der Waals surface area contributed by atoms with Crippen molar-refractivity contribution in [3.05, 3.63) is 64.7 Å². The number of hydrogen-bond donors (Lipinski definition) is 1. The molecule has 0 saturated heterocycles. The maximum Gasteiger partial charge on any atom is 0.238 e. The van der Waals surface area contributed by atoms with Gasteiger partial charge in [-0.15, -0.1) is 0 Å². The van der Waals surface area contributed by atoms with Gasteiger partial charge in [0.15, 0.2) is 5.78 Å². The summed E-state index contributed by atoms with van der Waals surface area (Å²) in [6.45, 7) is 0.139. The van der Waals surface area contributed by atoms with E-state index in [1.807, 2.05) is 0 Å². The van der Waals surface area contributed by atoms with E-state index in [9.17, 15) is 13.2 Å². The lowest BCUT2D eigenvalue weighted by atomic mass is 10.0. The van der Waals surface area contributed by atoms with Crippen molar-refractivity contribution >= 4 is 33.1 Å². The Morgan fingerprint density at radius 2 is 1.75 bits per heavy atom. The standard InChI is InChI=1S/C21H25ClN2O3S/c22-18-5-4-6-19(13-18)24(28(26,27)20-7-2-1-3-8-20)15-16-9-11-17(12-10-16)21(25)14-23/h4-6,9-13,20H,1-3,7-8,14-15,23H2. The Balaban J connectivity index is 1.93. The van der Waals surface area contributed by atoms with E-state index in [0.717, 1.165) is 24.8 Å². The van der Waals surface area contributed by atoms with E-state index in [2.05, 4.69) is 0 Å². The lowest BCUT2D eigenvalue weighted by molar-refractivity contribution is 0.100. The second-order valence-corrected chi connectivity index (χ2v) is 9.69. The Morgan fingerprint density at radius 1 is 1.07 bits per heavy atom. The molecule has 1 aliphatic carbocycles. The summed E-state index contributed by atoms with van der Waals surface area (Å²) < 4.78 is 28.3. The Hall–Kier alpha value is -1.89. The number of rotatable bonds is 7. The van der Waals surface area contributed by atoms with E-state index < -0.39 is 10.0 Å². The van der Waals surface area contributed by atoms with E-state index >= 15 is 0 Å². The summed E-state index contributed by atoms with van der Waals surface area (Å²) in [6, 6.07) is 13.8. The number of benzene rings is 2. The normalized spacial score (nSPS) is 15.4. The molecule has 28 heavy (non-hydrogen) atoms. The summed E-state index contributed by atoms with van der Waals surface area (Å²) in [5.41, 5.74) is 7.28. The number of ketones is 1. The van der Waals surface area contributed by atoms with Crippen LogP contribution < -0.4 is 10.0 Å². The summed E-state index contributed by atoms with van der Waals surface area (Å²) >= 11 is 6.13. The van der Waals surface area contributed by atoms with Crippen LogP contribution in [0.3, 0.4) is 0 Å². The number of carbonyl (C=O) groups excluding carboxylic acids is 1. The molecule has 0 amide bonds. The molecular formula is C21H25ClN2O3S. The summed E-state index contributed by atoms with van der Waals surface area (Å²) in [4.78, 5) is 11.7. The van der Waals surface area contributed by atoms with Crippen molar-refractivity contribution in [2.24, 2.45) is 5.73 Å². The van der Waals surface area contributed by atoms with Crippen molar-refractivity contribution in [3.8, 4) is 0 Å². The smallest absolute Gasteiger partial charge is 0.238 e. The lowest BCUT2D eigenvalue weighted by Gasteiger charge is -2.31. The number of anilines is 1. The number of sulfonamides is 1. The molecule has 7 heteroatoms. The van der Waals surface area contributed by atoms with Gasteiger partial charge >= 0.3 is 0 Å². The summed E-state index contributed by atoms with van der Waals surface area (Å²) in [7, 11) is -3.54. The van der Waals surface area contributed by atoms with Gasteiger partial charge in [0.25, 0.3) is 0 Å². The largest absolute Gasteiger partial charge is 0.324 e. The van der Waals surface area contributed by atoms with Gasteiger partial charge in [-0.1, -0.05) is 61.2 Å². The fourth-order valence-corrected chi connectivity index (χ4v) is 5.79. The third-order valence-electron chi connectivity index (χ3n) is 5.16. The molecule has 0 bridgehead atoms. The van der Waals surface area contributed by atoms with Gasteiger partial charge in [-0.3, -0.25) is 9.10 Å². The van der Waals surface area contributed by atoms with Crippen LogP contribution in [0.15, 0.2) is 48.5 Å². The van der Waals surface area contributed by atoms with Gasteiger partial charge < -0.3 is 5.73 Å². The first-order valence-electron chi connectivity index (χ1n) is 9.51. The average molecular weight is 421 g/mol. The minimum atomic E-state index is -3.54. The molecule has 0 aliphatic heterocycles. The van der Waals surface area contributed by atoms with E-state index in [1.54, 1.807) is 48.5 Å². The van der Waals surface area contributed by atoms with Crippen molar-refractivity contribution in [1.82, 2.24) is 0 Å². The molecule has 5 nitrogen and oxygen atoms in total. The van der Waals surface area contributed by atoms with Crippen LogP contribution in [0.5, 0.6) is 0 Å². The van der Waals surface area contributed by atoms with Gasteiger partial charge in [0.05, 0.1) is 24.0 Å². The third kappa shape index (κ3) is 4.74. The van der Waals surface area contributed by atoms with Crippen LogP contribution in [0.2, 0.25) is 5.02 Å². The second-order valence-electron chi connectivity index (χ2n) is 7.12. The first-order chi connectivity index (χ1) is 13.4. The van der Waals surface area contributed by atoms with Crippen molar-refractivity contribution < 1.29 is 13.2 Å². The molecule has 0 atom stereocenters. The Kier molecular flexibility index (Phi) is 6.75. The van der Waals surface area contributed by atoms with Crippen LogP contribution in [0.25, 0.3) is 0 Å². The predicted molar refractivity (Wildman–Crippen MR) is 113 cm³/mol. The van der Waals surface area contributed by atoms with Crippen molar-refractivity contribution in [2.75, 3.05) is 10.8 Å². The Morgan fingerprint density at radius 3 is 2.36 bits per heavy atom. The maximum absolute atomic E-state index is 13.4. The van der Waals surface area contributed by atoms with E-state index in [1.165, 1.54) is 4.31 Å². The van der Waals surface area contributed by atoms with E-state index in [-0.39, 0.29) is 24.1 Å². The second kappa shape index (κ2) is 9.07. The van der Waals surface area contributed by atoms with Crippen LogP contribution in [0, 0.1) is 0 Å². The minimum Gasteiger partial charge on any atom is -0.324 e. The number of carbonyl (C=O) groups is 1. The fraction of sp³-hybridized carbons (Fsp3) is 0.381. The van der Waals surface area contributed by atoms with Crippen LogP contribution in [0.4, 0.5) is 5.69 Å². The topological polar surface area (TPSA) is 80.5 Å². The molecule has 0 heterocycles. The number of halogens is 1. The highest BCUT2D eigenvalue weighted by Crippen LogP contribution is 2.31. The first-order valence-corrected chi connectivity index (χ1v) is 11.4. The van der Waals surface area contributed by atoms with Crippen LogP contribution in [-0.4, -0.2) is 26.0 Å². The zero-order valence-corrected chi connectivity index (χ0v) is 17.3. The molecule has 150 valence electrons. The minimum absolute atomic E-state index is 0.0515. The molecule has 1 saturated carbocycles. The highest BCUT2D eigenvalue weighted by Gasteiger charge is 2.33. The monoisotopic (exact) mass is 420 g/mol. The van der Waals surface area contributed by atoms with Gasteiger partial charge in [-0.05, 0) is 36.6 Å². The average Bonchev–Trinajstić information content (AvgIpc) is 2.72. The van der Waals surface area contributed by atoms with Crippen LogP contribution >= 0.6 is 11.6 Å². The zero-order valence-electron chi connectivity index (χ0n) is 15.7. The molecular weight excluding hydrogens is 396 g/mol. The fourth-order valence-electron chi connectivity index (χ4n) is 3.58.